The van der Waals surface area contributed by atoms with Crippen molar-refractivity contribution < 1.29 is 31.9 Å². The van der Waals surface area contributed by atoms with E-state index in [1.54, 1.807) is 0 Å². The molecule has 2 fully saturated rings. The minimum atomic E-state index is -1.07. The molecule has 0 atom stereocenters. The van der Waals surface area contributed by atoms with Gasteiger partial charge in [-0.15, -0.1) is 0 Å². The maximum absolute atomic E-state index is 14.3. The van der Waals surface area contributed by atoms with E-state index in [-0.39, 0.29) is 42.6 Å². The van der Waals surface area contributed by atoms with Crippen LogP contribution in [-0.4, -0.2) is 40.7 Å². The number of nitrogens with zero attached hydrogens (tertiary/aromatic N) is 2. The zero-order chi connectivity index (χ0) is 24.6. The second kappa shape index (κ2) is 9.04. The van der Waals surface area contributed by atoms with Crippen LogP contribution in [0.15, 0.2) is 43.0 Å². The third-order valence-corrected chi connectivity index (χ3v) is 6.53. The van der Waals surface area contributed by atoms with E-state index in [2.05, 4.69) is 6.58 Å². The normalized spacial score (nSPS) is 17.4. The van der Waals surface area contributed by atoms with Crippen LogP contribution in [0.5, 0.6) is 0 Å². The lowest BCUT2D eigenvalue weighted by atomic mass is 9.91. The Bertz CT molecular complexity index is 1190. The Kier molecular flexibility index (Phi) is 6.29. The average Bonchev–Trinajstić information content (AvgIpc) is 3.57. The summed E-state index contributed by atoms with van der Waals surface area (Å²) in [4.78, 5) is 39.5. The van der Waals surface area contributed by atoms with Crippen LogP contribution < -0.4 is 0 Å². The maximum atomic E-state index is 14.3. The fraction of sp³-hybridized carbons (Fsp3) is 0.320. The number of halogens is 4. The highest BCUT2D eigenvalue weighted by Gasteiger charge is 2.47. The van der Waals surface area contributed by atoms with Crippen LogP contribution in [0.2, 0.25) is 0 Å². The van der Waals surface area contributed by atoms with Crippen molar-refractivity contribution in [2.24, 2.45) is 0 Å². The van der Waals surface area contributed by atoms with Gasteiger partial charge < -0.3 is 0 Å². The standard InChI is InChI=1S/C25H22F4N2O3/c1-15(16-4-2-6-18(26)22(16)28)8-12-30-20(32)14-21(33)31(24(30)34)13-11-25(9-10-25)17-5-3-7-19(27)23(17)29/h2-7H,1,8-14H2. The Hall–Kier alpha value is -3.49. The Balaban J connectivity index is 1.43. The quantitative estimate of drug-likeness (QED) is 0.402. The summed E-state index contributed by atoms with van der Waals surface area (Å²) in [7, 11) is 0. The van der Waals surface area contributed by atoms with E-state index < -0.39 is 53.0 Å². The smallest absolute Gasteiger partial charge is 0.274 e. The van der Waals surface area contributed by atoms with Gasteiger partial charge in [0.1, 0.15) is 6.42 Å². The van der Waals surface area contributed by atoms with Crippen molar-refractivity contribution in [1.82, 2.24) is 9.80 Å². The third kappa shape index (κ3) is 4.34. The zero-order valence-corrected chi connectivity index (χ0v) is 18.3. The Morgan fingerprint density at radius 1 is 0.853 bits per heavy atom. The SMILES string of the molecule is C=C(CCN1C(=O)CC(=O)N(CCC2(c3cccc(F)c3F)CC2)C1=O)c1cccc(F)c1F. The first-order valence-electron chi connectivity index (χ1n) is 10.9. The van der Waals surface area contributed by atoms with Gasteiger partial charge in [-0.25, -0.2) is 22.4 Å². The molecule has 0 unspecified atom stereocenters. The molecule has 34 heavy (non-hydrogen) atoms. The first-order valence-corrected chi connectivity index (χ1v) is 10.9. The number of barbiturate groups is 1. The van der Waals surface area contributed by atoms with Crippen molar-refractivity contribution in [2.75, 3.05) is 13.1 Å². The van der Waals surface area contributed by atoms with Crippen LogP contribution >= 0.6 is 0 Å². The molecule has 0 radical (unpaired) electrons. The number of amides is 4. The lowest BCUT2D eigenvalue weighted by molar-refractivity contribution is -0.142. The Morgan fingerprint density at radius 2 is 1.44 bits per heavy atom. The van der Waals surface area contributed by atoms with E-state index in [9.17, 15) is 31.9 Å². The summed E-state index contributed by atoms with van der Waals surface area (Å²) in [5.41, 5.74) is -0.314. The van der Waals surface area contributed by atoms with E-state index in [0.717, 1.165) is 21.9 Å². The summed E-state index contributed by atoms with van der Waals surface area (Å²) in [6, 6.07) is 6.75. The summed E-state index contributed by atoms with van der Waals surface area (Å²) >= 11 is 0. The minimum Gasteiger partial charge on any atom is -0.274 e. The van der Waals surface area contributed by atoms with Gasteiger partial charge in [-0.3, -0.25) is 19.4 Å². The monoisotopic (exact) mass is 474 g/mol. The molecule has 1 aliphatic carbocycles. The van der Waals surface area contributed by atoms with E-state index in [1.807, 2.05) is 0 Å². The molecule has 2 aliphatic rings. The Labute approximate surface area is 193 Å². The number of rotatable bonds is 8. The van der Waals surface area contributed by atoms with Crippen molar-refractivity contribution >= 4 is 23.4 Å². The molecule has 4 amide bonds. The molecular formula is C25H22F4N2O3. The van der Waals surface area contributed by atoms with Gasteiger partial charge in [-0.2, -0.15) is 0 Å². The number of hydrogen-bond donors (Lipinski definition) is 0. The van der Waals surface area contributed by atoms with E-state index in [1.165, 1.54) is 24.3 Å². The average molecular weight is 474 g/mol. The fourth-order valence-electron chi connectivity index (χ4n) is 4.32. The molecule has 0 spiro atoms. The van der Waals surface area contributed by atoms with Crippen LogP contribution in [0.3, 0.4) is 0 Å². The molecule has 9 heteroatoms. The topological polar surface area (TPSA) is 57.7 Å². The highest BCUT2D eigenvalue weighted by molar-refractivity contribution is 6.14. The number of hydrogen-bond acceptors (Lipinski definition) is 3. The largest absolute Gasteiger partial charge is 0.333 e. The summed E-state index contributed by atoms with van der Waals surface area (Å²) < 4.78 is 55.5. The van der Waals surface area contributed by atoms with Crippen LogP contribution in [0.1, 0.15) is 43.2 Å². The van der Waals surface area contributed by atoms with Gasteiger partial charge in [0.25, 0.3) is 0 Å². The molecule has 178 valence electrons. The molecule has 0 aromatic heterocycles. The van der Waals surface area contributed by atoms with Crippen LogP contribution in [-0.2, 0) is 15.0 Å². The predicted octanol–water partition coefficient (Wildman–Crippen LogP) is 4.95. The zero-order valence-electron chi connectivity index (χ0n) is 18.3. The Morgan fingerprint density at radius 3 is 2.09 bits per heavy atom. The van der Waals surface area contributed by atoms with Crippen LogP contribution in [0.25, 0.3) is 5.57 Å². The summed E-state index contributed by atoms with van der Waals surface area (Å²) in [5.74, 6) is -5.37. The van der Waals surface area contributed by atoms with Crippen LogP contribution in [0.4, 0.5) is 22.4 Å². The molecule has 0 N–H and O–H groups in total. The van der Waals surface area contributed by atoms with E-state index in [0.29, 0.717) is 12.8 Å². The minimum absolute atomic E-state index is 0.0156. The lowest BCUT2D eigenvalue weighted by Gasteiger charge is -2.33. The summed E-state index contributed by atoms with van der Waals surface area (Å²) in [6.45, 7) is 3.49. The molecule has 1 aliphatic heterocycles. The highest BCUT2D eigenvalue weighted by atomic mass is 19.2. The molecule has 4 rings (SSSR count). The third-order valence-electron chi connectivity index (χ3n) is 6.53. The van der Waals surface area contributed by atoms with Crippen molar-refractivity contribution in [3.63, 3.8) is 0 Å². The maximum Gasteiger partial charge on any atom is 0.333 e. The van der Waals surface area contributed by atoms with E-state index in [4.69, 9.17) is 0 Å². The molecular weight excluding hydrogens is 452 g/mol. The predicted molar refractivity (Wildman–Crippen MR) is 115 cm³/mol. The van der Waals surface area contributed by atoms with Gasteiger partial charge in [0.15, 0.2) is 23.3 Å². The number of carbonyl (C=O) groups excluding carboxylic acids is 3. The van der Waals surface area contributed by atoms with Gasteiger partial charge in [0.2, 0.25) is 11.8 Å². The molecule has 2 aromatic rings. The fourth-order valence-corrected chi connectivity index (χ4v) is 4.32. The van der Waals surface area contributed by atoms with E-state index >= 15 is 0 Å². The molecule has 2 aromatic carbocycles. The second-order valence-electron chi connectivity index (χ2n) is 8.64. The van der Waals surface area contributed by atoms with Gasteiger partial charge in [0, 0.05) is 24.1 Å². The molecule has 0 bridgehead atoms. The molecule has 1 saturated heterocycles. The second-order valence-corrected chi connectivity index (χ2v) is 8.64. The van der Waals surface area contributed by atoms with Gasteiger partial charge in [0.05, 0.1) is 0 Å². The molecule has 1 saturated carbocycles. The molecule has 5 nitrogen and oxygen atoms in total. The van der Waals surface area contributed by atoms with Gasteiger partial charge >= 0.3 is 6.03 Å². The van der Waals surface area contributed by atoms with Crippen molar-refractivity contribution in [1.29, 1.82) is 0 Å². The number of imide groups is 2. The first kappa shape index (κ1) is 23.7. The summed E-state index contributed by atoms with van der Waals surface area (Å²) in [5, 5.41) is 0. The number of benzene rings is 2. The molecule has 1 heterocycles. The lowest BCUT2D eigenvalue weighted by Crippen LogP contribution is -2.55. The van der Waals surface area contributed by atoms with Crippen LogP contribution in [0, 0.1) is 23.3 Å². The van der Waals surface area contributed by atoms with Crippen molar-refractivity contribution in [3.05, 3.63) is 77.4 Å². The first-order chi connectivity index (χ1) is 16.1. The summed E-state index contributed by atoms with van der Waals surface area (Å²) in [6.07, 6.45) is 0.872. The van der Waals surface area contributed by atoms with Crippen molar-refractivity contribution in [3.8, 4) is 0 Å². The highest BCUT2D eigenvalue weighted by Crippen LogP contribution is 2.52. The number of carbonyl (C=O) groups is 3. The van der Waals surface area contributed by atoms with Gasteiger partial charge in [-0.1, -0.05) is 30.8 Å². The van der Waals surface area contributed by atoms with Crippen molar-refractivity contribution in [2.45, 2.75) is 37.5 Å². The number of urea groups is 1. The van der Waals surface area contributed by atoms with Gasteiger partial charge in [-0.05, 0) is 49.0 Å².